The second-order valence-electron chi connectivity index (χ2n) is 6.96. The molecule has 0 aliphatic heterocycles. The van der Waals surface area contributed by atoms with E-state index in [2.05, 4.69) is 40.5 Å². The molecule has 1 aliphatic rings. The largest absolute Gasteiger partial charge is 0.349 e. The second-order valence-corrected chi connectivity index (χ2v) is 6.96. The highest BCUT2D eigenvalue weighted by Crippen LogP contribution is 2.19. The lowest BCUT2D eigenvalue weighted by molar-refractivity contribution is 0.0932. The topological polar surface area (TPSA) is 66.9 Å². The van der Waals surface area contributed by atoms with Gasteiger partial charge in [-0.15, -0.1) is 0 Å². The average Bonchev–Trinajstić information content (AvgIpc) is 2.83. The molecule has 0 bridgehead atoms. The Morgan fingerprint density at radius 3 is 2.16 bits per heavy atom. The molecule has 25 heavy (non-hydrogen) atoms. The Bertz CT molecular complexity index is 699. The van der Waals surface area contributed by atoms with Crippen molar-refractivity contribution in [2.24, 2.45) is 0 Å². The van der Waals surface area contributed by atoms with E-state index in [1.165, 1.54) is 36.8 Å². The molecule has 0 unspecified atom stereocenters. The van der Waals surface area contributed by atoms with Crippen LogP contribution in [0.25, 0.3) is 0 Å². The van der Waals surface area contributed by atoms with Crippen molar-refractivity contribution in [1.29, 1.82) is 0 Å². The molecule has 1 aromatic heterocycles. The van der Waals surface area contributed by atoms with Gasteiger partial charge >= 0.3 is 0 Å². The summed E-state index contributed by atoms with van der Waals surface area (Å²) in [6.07, 6.45) is 10.2. The van der Waals surface area contributed by atoms with Crippen LogP contribution in [0.1, 0.15) is 60.0 Å². The van der Waals surface area contributed by atoms with Gasteiger partial charge in [0.05, 0.1) is 5.56 Å². The fourth-order valence-electron chi connectivity index (χ4n) is 3.38. The predicted molar refractivity (Wildman–Crippen MR) is 100 cm³/mol. The molecule has 5 nitrogen and oxygen atoms in total. The molecule has 1 saturated carbocycles. The minimum atomic E-state index is -0.0788. The molecule has 132 valence electrons. The zero-order valence-corrected chi connectivity index (χ0v) is 15.0. The van der Waals surface area contributed by atoms with Crippen LogP contribution < -0.4 is 10.6 Å². The molecule has 0 atom stereocenters. The number of benzene rings is 1. The third-order valence-electron chi connectivity index (χ3n) is 4.58. The number of nitrogens with zero attached hydrogens (tertiary/aromatic N) is 2. The van der Waals surface area contributed by atoms with Gasteiger partial charge in [-0.25, -0.2) is 9.97 Å². The number of carbonyl (C=O) groups is 1. The zero-order chi connectivity index (χ0) is 17.6. The van der Waals surface area contributed by atoms with Crippen molar-refractivity contribution in [3.63, 3.8) is 0 Å². The number of amides is 1. The monoisotopic (exact) mass is 338 g/mol. The Hall–Kier alpha value is -2.43. The van der Waals surface area contributed by atoms with Gasteiger partial charge in [0.15, 0.2) is 0 Å². The highest BCUT2D eigenvalue weighted by Gasteiger charge is 2.16. The molecule has 2 N–H and O–H groups in total. The van der Waals surface area contributed by atoms with E-state index in [0.29, 0.717) is 11.5 Å². The van der Waals surface area contributed by atoms with Crippen molar-refractivity contribution in [2.45, 2.75) is 58.4 Å². The van der Waals surface area contributed by atoms with E-state index in [1.807, 2.05) is 12.1 Å². The SMILES string of the molecule is Cc1cc(C)cc(Nc2ncc(C(=O)NC3CCCCCC3)cn2)c1. The molecule has 0 radical (unpaired) electrons. The Morgan fingerprint density at radius 2 is 1.56 bits per heavy atom. The molecule has 1 heterocycles. The second kappa shape index (κ2) is 8.10. The number of hydrogen-bond acceptors (Lipinski definition) is 4. The summed E-state index contributed by atoms with van der Waals surface area (Å²) >= 11 is 0. The first-order valence-corrected chi connectivity index (χ1v) is 9.08. The van der Waals surface area contributed by atoms with Gasteiger partial charge in [-0.1, -0.05) is 31.7 Å². The maximum atomic E-state index is 12.4. The molecule has 1 aliphatic carbocycles. The molecule has 1 aromatic carbocycles. The van der Waals surface area contributed by atoms with Crippen LogP contribution in [-0.4, -0.2) is 21.9 Å². The van der Waals surface area contributed by atoms with Crippen LogP contribution in [0.15, 0.2) is 30.6 Å². The highest BCUT2D eigenvalue weighted by molar-refractivity contribution is 5.93. The summed E-state index contributed by atoms with van der Waals surface area (Å²) in [5, 5.41) is 6.31. The molecule has 2 aromatic rings. The molecule has 3 rings (SSSR count). The first-order chi connectivity index (χ1) is 12.1. The van der Waals surface area contributed by atoms with E-state index in [4.69, 9.17) is 0 Å². The molecular formula is C20H26N4O. The fourth-order valence-corrected chi connectivity index (χ4v) is 3.38. The van der Waals surface area contributed by atoms with Gasteiger partial charge in [0.2, 0.25) is 5.95 Å². The zero-order valence-electron chi connectivity index (χ0n) is 15.0. The maximum absolute atomic E-state index is 12.4. The summed E-state index contributed by atoms with van der Waals surface area (Å²) < 4.78 is 0. The number of anilines is 2. The predicted octanol–water partition coefficient (Wildman–Crippen LogP) is 4.29. The Balaban J connectivity index is 1.62. The fraction of sp³-hybridized carbons (Fsp3) is 0.450. The minimum absolute atomic E-state index is 0.0788. The summed E-state index contributed by atoms with van der Waals surface area (Å²) in [4.78, 5) is 20.9. The molecule has 0 spiro atoms. The number of rotatable bonds is 4. The van der Waals surface area contributed by atoms with Gasteiger partial charge in [0, 0.05) is 24.1 Å². The molecular weight excluding hydrogens is 312 g/mol. The maximum Gasteiger partial charge on any atom is 0.254 e. The van der Waals surface area contributed by atoms with E-state index in [1.54, 1.807) is 12.4 Å². The van der Waals surface area contributed by atoms with Gasteiger partial charge in [-0.3, -0.25) is 4.79 Å². The molecule has 5 heteroatoms. The first-order valence-electron chi connectivity index (χ1n) is 9.08. The lowest BCUT2D eigenvalue weighted by Crippen LogP contribution is -2.34. The lowest BCUT2D eigenvalue weighted by Gasteiger charge is -2.16. The number of carbonyl (C=O) groups excluding carboxylic acids is 1. The van der Waals surface area contributed by atoms with Gasteiger partial charge in [-0.2, -0.15) is 0 Å². The van der Waals surface area contributed by atoms with Gasteiger partial charge in [0.25, 0.3) is 5.91 Å². The molecule has 1 amide bonds. The van der Waals surface area contributed by atoms with Crippen molar-refractivity contribution < 1.29 is 4.79 Å². The van der Waals surface area contributed by atoms with E-state index < -0.39 is 0 Å². The van der Waals surface area contributed by atoms with Crippen LogP contribution in [0.4, 0.5) is 11.6 Å². The lowest BCUT2D eigenvalue weighted by atomic mass is 10.1. The van der Waals surface area contributed by atoms with Crippen molar-refractivity contribution in [3.8, 4) is 0 Å². The van der Waals surface area contributed by atoms with Crippen LogP contribution >= 0.6 is 0 Å². The standard InChI is InChI=1S/C20H26N4O/c1-14-9-15(2)11-18(10-14)24-20-21-12-16(13-22-20)19(25)23-17-7-5-3-4-6-8-17/h9-13,17H,3-8H2,1-2H3,(H,23,25)(H,21,22,24). The van der Waals surface area contributed by atoms with E-state index >= 15 is 0 Å². The van der Waals surface area contributed by atoms with Crippen LogP contribution in [0, 0.1) is 13.8 Å². The van der Waals surface area contributed by atoms with Crippen molar-refractivity contribution >= 4 is 17.5 Å². The average molecular weight is 338 g/mol. The Kier molecular flexibility index (Phi) is 5.64. The number of nitrogens with one attached hydrogen (secondary N) is 2. The number of hydrogen-bond donors (Lipinski definition) is 2. The Morgan fingerprint density at radius 1 is 0.960 bits per heavy atom. The molecule has 1 fully saturated rings. The van der Waals surface area contributed by atoms with Gasteiger partial charge in [-0.05, 0) is 49.9 Å². The van der Waals surface area contributed by atoms with Crippen LogP contribution in [-0.2, 0) is 0 Å². The van der Waals surface area contributed by atoms with Crippen LogP contribution in [0.2, 0.25) is 0 Å². The van der Waals surface area contributed by atoms with E-state index in [0.717, 1.165) is 18.5 Å². The third kappa shape index (κ3) is 5.02. The summed E-state index contributed by atoms with van der Waals surface area (Å²) in [6.45, 7) is 4.11. The summed E-state index contributed by atoms with van der Waals surface area (Å²) in [7, 11) is 0. The molecule has 0 saturated heterocycles. The summed E-state index contributed by atoms with van der Waals surface area (Å²) in [6, 6.07) is 6.49. The highest BCUT2D eigenvalue weighted by atomic mass is 16.1. The number of aryl methyl sites for hydroxylation is 2. The van der Waals surface area contributed by atoms with E-state index in [9.17, 15) is 4.79 Å². The normalized spacial score (nSPS) is 15.4. The third-order valence-corrected chi connectivity index (χ3v) is 4.58. The summed E-state index contributed by atoms with van der Waals surface area (Å²) in [5.74, 6) is 0.417. The minimum Gasteiger partial charge on any atom is -0.349 e. The summed E-state index contributed by atoms with van der Waals surface area (Å²) in [5.41, 5.74) is 3.83. The quantitative estimate of drug-likeness (QED) is 0.816. The van der Waals surface area contributed by atoms with E-state index in [-0.39, 0.29) is 11.9 Å². The number of aromatic nitrogens is 2. The van der Waals surface area contributed by atoms with Crippen molar-refractivity contribution in [1.82, 2.24) is 15.3 Å². The van der Waals surface area contributed by atoms with Crippen LogP contribution in [0.3, 0.4) is 0 Å². The van der Waals surface area contributed by atoms with Crippen molar-refractivity contribution in [2.75, 3.05) is 5.32 Å². The smallest absolute Gasteiger partial charge is 0.254 e. The first kappa shape index (κ1) is 17.4. The van der Waals surface area contributed by atoms with Gasteiger partial charge < -0.3 is 10.6 Å². The van der Waals surface area contributed by atoms with Crippen molar-refractivity contribution in [3.05, 3.63) is 47.3 Å². The van der Waals surface area contributed by atoms with Gasteiger partial charge in [0.1, 0.15) is 0 Å². The Labute approximate surface area is 149 Å². The van der Waals surface area contributed by atoms with Crippen LogP contribution in [0.5, 0.6) is 0 Å².